The van der Waals surface area contributed by atoms with Crippen LogP contribution in [0.15, 0.2) is 70.4 Å². The smallest absolute Gasteiger partial charge is 0.251 e. The molecule has 0 aliphatic carbocycles. The zero-order chi connectivity index (χ0) is 19.3. The van der Waals surface area contributed by atoms with Gasteiger partial charge in [0.1, 0.15) is 5.76 Å². The summed E-state index contributed by atoms with van der Waals surface area (Å²) in [5, 5.41) is 2.78. The largest absolute Gasteiger partial charge is 0.468 e. The Hall–Kier alpha value is -2.97. The van der Waals surface area contributed by atoms with Crippen molar-refractivity contribution in [1.82, 2.24) is 15.0 Å². The van der Waals surface area contributed by atoms with Crippen molar-refractivity contribution in [3.8, 4) is 0 Å². The number of carbonyl (C=O) groups excluding carboxylic acids is 1. The molecule has 140 valence electrons. The van der Waals surface area contributed by atoms with E-state index in [2.05, 4.69) is 15.0 Å². The van der Waals surface area contributed by atoms with E-state index in [1.807, 2.05) is 6.07 Å². The third kappa shape index (κ3) is 4.81. The van der Waals surface area contributed by atoms with E-state index in [9.17, 15) is 13.2 Å². The van der Waals surface area contributed by atoms with Crippen molar-refractivity contribution in [2.75, 3.05) is 0 Å². The molecule has 2 aromatic heterocycles. The molecule has 1 aromatic carbocycles. The van der Waals surface area contributed by atoms with E-state index in [0.717, 1.165) is 5.56 Å². The first-order valence-electron chi connectivity index (χ1n) is 8.25. The van der Waals surface area contributed by atoms with Crippen molar-refractivity contribution in [1.29, 1.82) is 0 Å². The van der Waals surface area contributed by atoms with E-state index in [-0.39, 0.29) is 17.3 Å². The Bertz CT molecular complexity index is 1020. The summed E-state index contributed by atoms with van der Waals surface area (Å²) in [5.41, 5.74) is 1.84. The number of carbonyl (C=O) groups is 1. The van der Waals surface area contributed by atoms with Gasteiger partial charge in [0, 0.05) is 24.5 Å². The number of aryl methyl sites for hydroxylation is 1. The van der Waals surface area contributed by atoms with Crippen LogP contribution >= 0.6 is 0 Å². The molecule has 7 nitrogen and oxygen atoms in total. The van der Waals surface area contributed by atoms with Gasteiger partial charge in [-0.2, -0.15) is 0 Å². The van der Waals surface area contributed by atoms with Crippen molar-refractivity contribution in [3.05, 3.63) is 83.6 Å². The van der Waals surface area contributed by atoms with Crippen molar-refractivity contribution >= 4 is 15.9 Å². The van der Waals surface area contributed by atoms with Gasteiger partial charge in [0.15, 0.2) is 0 Å². The van der Waals surface area contributed by atoms with Gasteiger partial charge in [0.25, 0.3) is 5.91 Å². The number of nitrogens with one attached hydrogen (secondary N) is 2. The van der Waals surface area contributed by atoms with E-state index >= 15 is 0 Å². The highest BCUT2D eigenvalue weighted by atomic mass is 32.2. The maximum atomic E-state index is 12.5. The Kier molecular flexibility index (Phi) is 5.68. The fourth-order valence-corrected chi connectivity index (χ4v) is 3.47. The van der Waals surface area contributed by atoms with Crippen LogP contribution in [0.1, 0.15) is 27.2 Å². The summed E-state index contributed by atoms with van der Waals surface area (Å²) in [7, 11) is -3.78. The molecule has 0 aliphatic heterocycles. The summed E-state index contributed by atoms with van der Waals surface area (Å²) in [6.07, 6.45) is 4.78. The van der Waals surface area contributed by atoms with Gasteiger partial charge in [-0.1, -0.05) is 12.1 Å². The second kappa shape index (κ2) is 8.15. The molecule has 0 unspecified atom stereocenters. The number of aromatic nitrogens is 1. The number of amides is 1. The molecule has 0 saturated heterocycles. The molecule has 0 spiro atoms. The van der Waals surface area contributed by atoms with Gasteiger partial charge in [-0.05, 0) is 48.4 Å². The minimum Gasteiger partial charge on any atom is -0.468 e. The number of benzene rings is 1. The number of nitrogens with zero attached hydrogens (tertiary/aromatic N) is 1. The van der Waals surface area contributed by atoms with Gasteiger partial charge >= 0.3 is 0 Å². The third-order valence-corrected chi connectivity index (χ3v) is 5.36. The second-order valence-electron chi connectivity index (χ2n) is 5.92. The molecular formula is C19H19N3O4S. The van der Waals surface area contributed by atoms with Crippen LogP contribution in [0.2, 0.25) is 0 Å². The lowest BCUT2D eigenvalue weighted by Crippen LogP contribution is -2.26. The van der Waals surface area contributed by atoms with Gasteiger partial charge in [-0.3, -0.25) is 9.78 Å². The van der Waals surface area contributed by atoms with E-state index in [1.54, 1.807) is 43.6 Å². The quantitative estimate of drug-likeness (QED) is 0.650. The average molecular weight is 385 g/mol. The van der Waals surface area contributed by atoms with Crippen LogP contribution < -0.4 is 10.0 Å². The number of hydrogen-bond donors (Lipinski definition) is 2. The van der Waals surface area contributed by atoms with Crippen LogP contribution in [0, 0.1) is 6.92 Å². The topological polar surface area (TPSA) is 101 Å². The summed E-state index contributed by atoms with van der Waals surface area (Å²) in [6, 6.07) is 11.4. The molecule has 0 bridgehead atoms. The Morgan fingerprint density at radius 3 is 2.70 bits per heavy atom. The zero-order valence-electron chi connectivity index (χ0n) is 14.7. The SMILES string of the molecule is Cc1ccc(S(=O)(=O)NCc2ccco2)cc1C(=O)NCc1cccnc1. The lowest BCUT2D eigenvalue weighted by atomic mass is 10.1. The molecule has 0 saturated carbocycles. The molecule has 0 aliphatic rings. The number of pyridine rings is 1. The summed E-state index contributed by atoms with van der Waals surface area (Å²) < 4.78 is 32.6. The Balaban J connectivity index is 1.73. The molecule has 2 N–H and O–H groups in total. The van der Waals surface area contributed by atoms with Gasteiger partial charge in [-0.15, -0.1) is 0 Å². The standard InChI is InChI=1S/C19H19N3O4S/c1-14-6-7-17(27(24,25)22-13-16-5-3-9-26-16)10-18(14)19(23)21-12-15-4-2-8-20-11-15/h2-11,22H,12-13H2,1H3,(H,21,23). The molecule has 0 fully saturated rings. The van der Waals surface area contributed by atoms with E-state index in [0.29, 0.717) is 23.4 Å². The lowest BCUT2D eigenvalue weighted by Gasteiger charge is -2.11. The molecule has 2 heterocycles. The second-order valence-corrected chi connectivity index (χ2v) is 7.69. The molecule has 3 aromatic rings. The van der Waals surface area contributed by atoms with Crippen LogP contribution in [0.3, 0.4) is 0 Å². The Morgan fingerprint density at radius 1 is 1.15 bits per heavy atom. The number of hydrogen-bond acceptors (Lipinski definition) is 5. The van der Waals surface area contributed by atoms with Crippen LogP contribution in [-0.4, -0.2) is 19.3 Å². The highest BCUT2D eigenvalue weighted by Gasteiger charge is 2.18. The molecule has 0 radical (unpaired) electrons. The highest BCUT2D eigenvalue weighted by Crippen LogP contribution is 2.16. The fourth-order valence-electron chi connectivity index (χ4n) is 2.46. The first kappa shape index (κ1) is 18.8. The van der Waals surface area contributed by atoms with Gasteiger partial charge in [-0.25, -0.2) is 13.1 Å². The van der Waals surface area contributed by atoms with E-state index < -0.39 is 10.0 Å². The summed E-state index contributed by atoms with van der Waals surface area (Å²) in [4.78, 5) is 16.5. The maximum absolute atomic E-state index is 12.5. The van der Waals surface area contributed by atoms with Crippen molar-refractivity contribution in [3.63, 3.8) is 0 Å². The highest BCUT2D eigenvalue weighted by molar-refractivity contribution is 7.89. The zero-order valence-corrected chi connectivity index (χ0v) is 15.5. The van der Waals surface area contributed by atoms with Crippen LogP contribution in [0.5, 0.6) is 0 Å². The number of rotatable bonds is 7. The van der Waals surface area contributed by atoms with E-state index in [4.69, 9.17) is 4.42 Å². The molecule has 3 rings (SSSR count). The van der Waals surface area contributed by atoms with Gasteiger partial charge in [0.2, 0.25) is 10.0 Å². The predicted molar refractivity (Wildman–Crippen MR) is 99.3 cm³/mol. The lowest BCUT2D eigenvalue weighted by molar-refractivity contribution is 0.0950. The number of furan rings is 1. The maximum Gasteiger partial charge on any atom is 0.251 e. The number of sulfonamides is 1. The molecule has 0 atom stereocenters. The molecule has 8 heteroatoms. The molecular weight excluding hydrogens is 366 g/mol. The Morgan fingerprint density at radius 2 is 2.00 bits per heavy atom. The first-order chi connectivity index (χ1) is 13.0. The monoisotopic (exact) mass is 385 g/mol. The predicted octanol–water partition coefficient (Wildman–Crippen LogP) is 2.39. The third-order valence-electron chi connectivity index (χ3n) is 3.96. The van der Waals surface area contributed by atoms with Gasteiger partial charge < -0.3 is 9.73 Å². The Labute approximate surface area is 157 Å². The van der Waals surface area contributed by atoms with Crippen LogP contribution in [0.4, 0.5) is 0 Å². The normalized spacial score (nSPS) is 11.3. The first-order valence-corrected chi connectivity index (χ1v) is 9.74. The van der Waals surface area contributed by atoms with E-state index in [1.165, 1.54) is 18.4 Å². The minimum absolute atomic E-state index is 0.0196. The molecule has 1 amide bonds. The van der Waals surface area contributed by atoms with Crippen molar-refractivity contribution in [2.45, 2.75) is 24.9 Å². The summed E-state index contributed by atoms with van der Waals surface area (Å²) in [5.74, 6) is 0.152. The van der Waals surface area contributed by atoms with Crippen LogP contribution in [0.25, 0.3) is 0 Å². The summed E-state index contributed by atoms with van der Waals surface area (Å²) >= 11 is 0. The van der Waals surface area contributed by atoms with Crippen molar-refractivity contribution in [2.24, 2.45) is 0 Å². The fraction of sp³-hybridized carbons (Fsp3) is 0.158. The van der Waals surface area contributed by atoms with Gasteiger partial charge in [0.05, 0.1) is 17.7 Å². The molecule has 27 heavy (non-hydrogen) atoms. The van der Waals surface area contributed by atoms with Crippen molar-refractivity contribution < 1.29 is 17.6 Å². The summed E-state index contributed by atoms with van der Waals surface area (Å²) in [6.45, 7) is 2.09. The van der Waals surface area contributed by atoms with Crippen LogP contribution in [-0.2, 0) is 23.1 Å². The minimum atomic E-state index is -3.78. The average Bonchev–Trinajstić information content (AvgIpc) is 3.19.